The molecule has 6 rings (SSSR count). The van der Waals surface area contributed by atoms with Crippen LogP contribution in [0.1, 0.15) is 37.9 Å². The van der Waals surface area contributed by atoms with Gasteiger partial charge in [0, 0.05) is 42.1 Å². The zero-order valence-electron chi connectivity index (χ0n) is 24.8. The van der Waals surface area contributed by atoms with E-state index in [-0.39, 0.29) is 11.4 Å². The summed E-state index contributed by atoms with van der Waals surface area (Å²) in [4.78, 5) is 33.6. The third kappa shape index (κ3) is 6.23. The Kier molecular flexibility index (Phi) is 7.83. The molecule has 4 heterocycles. The number of morpholine rings is 1. The minimum absolute atomic E-state index is 0.225. The summed E-state index contributed by atoms with van der Waals surface area (Å²) in [6, 6.07) is 13.3. The minimum atomic E-state index is -0.388. The highest BCUT2D eigenvalue weighted by Crippen LogP contribution is 2.33. The van der Waals surface area contributed by atoms with Gasteiger partial charge in [-0.1, -0.05) is 51.1 Å². The molecule has 0 radical (unpaired) electrons. The molecular formula is C32H35N9O2. The number of nitrogens with zero attached hydrogens (tertiary/aromatic N) is 7. The number of urea groups is 1. The minimum Gasteiger partial charge on any atom is -0.379 e. The number of aryl methyl sites for hydroxylation is 1. The molecule has 0 bridgehead atoms. The molecule has 2 aromatic carbocycles. The lowest BCUT2D eigenvalue weighted by atomic mass is 9.92. The first-order chi connectivity index (χ1) is 20.8. The number of nitrogens with one attached hydrogen (secondary N) is 2. The van der Waals surface area contributed by atoms with Crippen molar-refractivity contribution in [2.75, 3.05) is 36.9 Å². The van der Waals surface area contributed by atoms with Gasteiger partial charge in [0.05, 0.1) is 60.3 Å². The standard InChI is InChI=1S/C32H35N9O2/c1-21-28(18-33-20-36-21)41-30(15-29(39-41)32(2,3)4)38-31(42)37-26-10-9-25(23-7-5-6-8-24(23)26)27-17-34-22(16-35-27)19-40-11-13-43-14-12-40/h5-10,15-18,20H,11-14,19H2,1-4H3,(H2,37,38,42). The molecule has 0 spiro atoms. The topological polar surface area (TPSA) is 123 Å². The van der Waals surface area contributed by atoms with E-state index in [9.17, 15) is 4.79 Å². The van der Waals surface area contributed by atoms with Crippen molar-refractivity contribution in [3.63, 3.8) is 0 Å². The summed E-state index contributed by atoms with van der Waals surface area (Å²) in [5, 5.41) is 12.7. The predicted molar refractivity (Wildman–Crippen MR) is 166 cm³/mol. The number of amides is 2. The third-order valence-electron chi connectivity index (χ3n) is 7.48. The van der Waals surface area contributed by atoms with Crippen molar-refractivity contribution in [2.45, 2.75) is 39.7 Å². The van der Waals surface area contributed by atoms with E-state index >= 15 is 0 Å². The van der Waals surface area contributed by atoms with Gasteiger partial charge in [-0.3, -0.25) is 20.2 Å². The Hall–Kier alpha value is -4.74. The van der Waals surface area contributed by atoms with Crippen LogP contribution in [0.5, 0.6) is 0 Å². The number of aromatic nitrogens is 6. The fourth-order valence-corrected chi connectivity index (χ4v) is 5.08. The van der Waals surface area contributed by atoms with Crippen LogP contribution >= 0.6 is 0 Å². The number of hydrogen-bond acceptors (Lipinski definition) is 8. The van der Waals surface area contributed by atoms with E-state index in [4.69, 9.17) is 19.8 Å². The molecule has 43 heavy (non-hydrogen) atoms. The van der Waals surface area contributed by atoms with E-state index in [2.05, 4.69) is 46.3 Å². The normalized spacial score (nSPS) is 14.1. The maximum atomic E-state index is 13.4. The Labute approximate surface area is 250 Å². The molecule has 0 unspecified atom stereocenters. The molecule has 1 aliphatic rings. The van der Waals surface area contributed by atoms with Gasteiger partial charge in [0.15, 0.2) is 0 Å². The first-order valence-electron chi connectivity index (χ1n) is 14.3. The average Bonchev–Trinajstić information content (AvgIpc) is 3.43. The third-order valence-corrected chi connectivity index (χ3v) is 7.48. The Morgan fingerprint density at radius 2 is 1.74 bits per heavy atom. The number of anilines is 2. The first-order valence-corrected chi connectivity index (χ1v) is 14.3. The highest BCUT2D eigenvalue weighted by Gasteiger charge is 2.23. The number of fused-ring (bicyclic) bond motifs is 1. The number of ether oxygens (including phenoxy) is 1. The quantitative estimate of drug-likeness (QED) is 0.277. The van der Waals surface area contributed by atoms with Crippen molar-refractivity contribution in [3.8, 4) is 16.9 Å². The number of benzene rings is 2. The predicted octanol–water partition coefficient (Wildman–Crippen LogP) is 5.35. The van der Waals surface area contributed by atoms with Gasteiger partial charge in [0.1, 0.15) is 17.8 Å². The molecule has 2 amide bonds. The summed E-state index contributed by atoms with van der Waals surface area (Å²) >= 11 is 0. The van der Waals surface area contributed by atoms with Crippen molar-refractivity contribution in [1.82, 2.24) is 34.6 Å². The number of rotatable bonds is 6. The Bertz CT molecular complexity index is 1750. The second-order valence-corrected chi connectivity index (χ2v) is 11.6. The maximum Gasteiger partial charge on any atom is 0.324 e. The second-order valence-electron chi connectivity index (χ2n) is 11.6. The van der Waals surface area contributed by atoms with Gasteiger partial charge in [-0.15, -0.1) is 0 Å². The lowest BCUT2D eigenvalue weighted by Crippen LogP contribution is -2.35. The van der Waals surface area contributed by atoms with E-state index in [0.29, 0.717) is 17.2 Å². The van der Waals surface area contributed by atoms with Crippen LogP contribution in [-0.4, -0.2) is 67.0 Å². The lowest BCUT2D eigenvalue weighted by Gasteiger charge is -2.25. The molecule has 0 aliphatic carbocycles. The van der Waals surface area contributed by atoms with E-state index < -0.39 is 0 Å². The molecule has 3 aromatic heterocycles. The number of carbonyl (C=O) groups is 1. The molecule has 220 valence electrons. The molecule has 0 saturated carbocycles. The zero-order valence-corrected chi connectivity index (χ0v) is 24.8. The molecule has 5 aromatic rings. The van der Waals surface area contributed by atoms with Gasteiger partial charge < -0.3 is 10.1 Å². The van der Waals surface area contributed by atoms with Gasteiger partial charge in [0.25, 0.3) is 0 Å². The molecule has 1 fully saturated rings. The van der Waals surface area contributed by atoms with E-state index in [0.717, 1.165) is 72.0 Å². The summed E-state index contributed by atoms with van der Waals surface area (Å²) in [5.74, 6) is 0.522. The summed E-state index contributed by atoms with van der Waals surface area (Å²) in [7, 11) is 0. The maximum absolute atomic E-state index is 13.4. The van der Waals surface area contributed by atoms with Gasteiger partial charge in [-0.05, 0) is 18.4 Å². The highest BCUT2D eigenvalue weighted by atomic mass is 16.5. The fourth-order valence-electron chi connectivity index (χ4n) is 5.08. The first kappa shape index (κ1) is 28.4. The Balaban J connectivity index is 1.25. The van der Waals surface area contributed by atoms with Crippen LogP contribution in [0.15, 0.2) is 67.4 Å². The summed E-state index contributed by atoms with van der Waals surface area (Å²) in [5.41, 5.74) is 5.37. The highest BCUT2D eigenvalue weighted by molar-refractivity contribution is 6.09. The molecule has 1 aliphatic heterocycles. The van der Waals surface area contributed by atoms with Crippen LogP contribution in [0.25, 0.3) is 27.7 Å². The zero-order chi connectivity index (χ0) is 30.0. The second kappa shape index (κ2) is 11.9. The fraction of sp³-hybridized carbons (Fsp3) is 0.312. The van der Waals surface area contributed by atoms with E-state index in [1.165, 1.54) is 6.33 Å². The summed E-state index contributed by atoms with van der Waals surface area (Å²) < 4.78 is 7.12. The number of carbonyl (C=O) groups excluding carboxylic acids is 1. The van der Waals surface area contributed by atoms with E-state index in [1.807, 2.05) is 61.8 Å². The van der Waals surface area contributed by atoms with Crippen LogP contribution in [0.2, 0.25) is 0 Å². The smallest absolute Gasteiger partial charge is 0.324 e. The van der Waals surface area contributed by atoms with Crippen molar-refractivity contribution < 1.29 is 9.53 Å². The summed E-state index contributed by atoms with van der Waals surface area (Å²) in [6.45, 7) is 12.2. The van der Waals surface area contributed by atoms with Gasteiger partial charge in [-0.2, -0.15) is 5.10 Å². The van der Waals surface area contributed by atoms with Gasteiger partial charge >= 0.3 is 6.03 Å². The molecule has 11 nitrogen and oxygen atoms in total. The van der Waals surface area contributed by atoms with Crippen LogP contribution in [0.3, 0.4) is 0 Å². The van der Waals surface area contributed by atoms with Crippen molar-refractivity contribution in [1.29, 1.82) is 0 Å². The SMILES string of the molecule is Cc1ncncc1-n1nc(C(C)(C)C)cc1NC(=O)Nc1ccc(-c2cnc(CN3CCOCC3)cn2)c2ccccc12. The Morgan fingerprint density at radius 1 is 0.953 bits per heavy atom. The van der Waals surface area contributed by atoms with Crippen LogP contribution in [0.4, 0.5) is 16.3 Å². The average molecular weight is 578 g/mol. The van der Waals surface area contributed by atoms with Crippen LogP contribution in [-0.2, 0) is 16.7 Å². The lowest BCUT2D eigenvalue weighted by molar-refractivity contribution is 0.0336. The van der Waals surface area contributed by atoms with Gasteiger partial charge in [-0.25, -0.2) is 19.4 Å². The van der Waals surface area contributed by atoms with Gasteiger partial charge in [0.2, 0.25) is 0 Å². The monoisotopic (exact) mass is 577 g/mol. The largest absolute Gasteiger partial charge is 0.379 e. The Morgan fingerprint density at radius 3 is 2.47 bits per heavy atom. The van der Waals surface area contributed by atoms with Crippen molar-refractivity contribution >= 4 is 28.3 Å². The molecule has 2 N–H and O–H groups in total. The molecule has 0 atom stereocenters. The van der Waals surface area contributed by atoms with Crippen molar-refractivity contribution in [3.05, 3.63) is 84.5 Å². The molecular weight excluding hydrogens is 542 g/mol. The van der Waals surface area contributed by atoms with Crippen LogP contribution in [0, 0.1) is 6.92 Å². The van der Waals surface area contributed by atoms with E-state index in [1.54, 1.807) is 10.9 Å². The van der Waals surface area contributed by atoms with Crippen molar-refractivity contribution in [2.24, 2.45) is 0 Å². The molecule has 11 heteroatoms. The van der Waals surface area contributed by atoms with Crippen LogP contribution < -0.4 is 10.6 Å². The summed E-state index contributed by atoms with van der Waals surface area (Å²) in [6.07, 6.45) is 6.84. The number of hydrogen-bond donors (Lipinski definition) is 2. The molecule has 1 saturated heterocycles.